The summed E-state index contributed by atoms with van der Waals surface area (Å²) in [5.74, 6) is -0.0679. The number of anilines is 2. The zero-order valence-electron chi connectivity index (χ0n) is 19.9. The van der Waals surface area contributed by atoms with Crippen LogP contribution in [0.2, 0.25) is 0 Å². The number of aliphatic hydroxyl groups excluding tert-OH is 1. The van der Waals surface area contributed by atoms with Crippen LogP contribution in [0.5, 0.6) is 0 Å². The van der Waals surface area contributed by atoms with Gasteiger partial charge in [0.2, 0.25) is 5.95 Å². The second-order valence-corrected chi connectivity index (χ2v) is 9.95. The Morgan fingerprint density at radius 1 is 1.20 bits per heavy atom. The van der Waals surface area contributed by atoms with E-state index in [0.717, 1.165) is 22.9 Å². The number of rotatable bonds is 10. The lowest BCUT2D eigenvalue weighted by molar-refractivity contribution is 0.208. The molecule has 3 aromatic rings. The Labute approximate surface area is 207 Å². The van der Waals surface area contributed by atoms with Gasteiger partial charge in [0, 0.05) is 36.9 Å². The van der Waals surface area contributed by atoms with Crippen molar-refractivity contribution in [2.75, 3.05) is 17.2 Å². The summed E-state index contributed by atoms with van der Waals surface area (Å²) in [6, 6.07) is 6.42. The summed E-state index contributed by atoms with van der Waals surface area (Å²) in [4.78, 5) is 26.6. The number of nitrogens with zero attached hydrogens (tertiary/aromatic N) is 3. The van der Waals surface area contributed by atoms with Gasteiger partial charge in [-0.25, -0.2) is 24.1 Å². The number of benzene rings is 1. The molecule has 1 atom stereocenters. The summed E-state index contributed by atoms with van der Waals surface area (Å²) in [6.07, 6.45) is 3.12. The first-order valence-corrected chi connectivity index (χ1v) is 12.5. The van der Waals surface area contributed by atoms with E-state index >= 15 is 0 Å². The van der Waals surface area contributed by atoms with Crippen LogP contribution < -0.4 is 21.3 Å². The quantitative estimate of drug-likeness (QED) is 0.286. The standard InChI is InChI=1S/C24H30FN7O2S/c1-13(2)29-24-28-12-21(35-24)20-9-19(31-22(32-20)26-10-14(3)33)18-7-4-16(25)8-15(18)11-27-23(34)30-17-5-6-17/h4,7-9,12-14,17,33H,5-6,10-11H2,1-3H3,(H,28,29)(H,26,31,32)(H2,27,30,34). The van der Waals surface area contributed by atoms with Crippen molar-refractivity contribution in [1.29, 1.82) is 0 Å². The number of amides is 2. The van der Waals surface area contributed by atoms with Gasteiger partial charge in [-0.1, -0.05) is 11.3 Å². The third-order valence-corrected chi connectivity index (χ3v) is 6.10. The molecule has 1 saturated carbocycles. The molecule has 1 fully saturated rings. The van der Waals surface area contributed by atoms with Gasteiger partial charge in [-0.3, -0.25) is 0 Å². The van der Waals surface area contributed by atoms with Crippen LogP contribution in [0, 0.1) is 5.82 Å². The predicted molar refractivity (Wildman–Crippen MR) is 136 cm³/mol. The highest BCUT2D eigenvalue weighted by Crippen LogP contribution is 2.32. The number of urea groups is 1. The van der Waals surface area contributed by atoms with Gasteiger partial charge in [0.15, 0.2) is 5.13 Å². The molecule has 2 heterocycles. The average molecular weight is 500 g/mol. The molecule has 186 valence electrons. The molecule has 1 aliphatic rings. The summed E-state index contributed by atoms with van der Waals surface area (Å²) in [5.41, 5.74) is 2.47. The molecule has 4 rings (SSSR count). The van der Waals surface area contributed by atoms with Crippen LogP contribution in [0.3, 0.4) is 0 Å². The van der Waals surface area contributed by atoms with Crippen molar-refractivity contribution < 1.29 is 14.3 Å². The largest absolute Gasteiger partial charge is 0.392 e. The van der Waals surface area contributed by atoms with Crippen LogP contribution in [0.15, 0.2) is 30.5 Å². The van der Waals surface area contributed by atoms with Crippen LogP contribution in [0.1, 0.15) is 39.2 Å². The Balaban J connectivity index is 1.67. The molecule has 5 N–H and O–H groups in total. The van der Waals surface area contributed by atoms with E-state index in [9.17, 15) is 14.3 Å². The third kappa shape index (κ3) is 7.09. The van der Waals surface area contributed by atoms with Gasteiger partial charge < -0.3 is 26.4 Å². The molecule has 0 radical (unpaired) electrons. The summed E-state index contributed by atoms with van der Waals surface area (Å²) < 4.78 is 14.1. The first kappa shape index (κ1) is 24.8. The maximum Gasteiger partial charge on any atom is 0.315 e. The van der Waals surface area contributed by atoms with Gasteiger partial charge in [-0.2, -0.15) is 0 Å². The Kier molecular flexibility index (Phi) is 7.76. The van der Waals surface area contributed by atoms with E-state index in [1.54, 1.807) is 19.2 Å². The van der Waals surface area contributed by atoms with E-state index in [1.165, 1.54) is 23.5 Å². The third-order valence-electron chi connectivity index (χ3n) is 5.15. The second kappa shape index (κ2) is 11.0. The lowest BCUT2D eigenvalue weighted by Gasteiger charge is -2.14. The molecule has 2 aromatic heterocycles. The number of carbonyl (C=O) groups is 1. The number of halogens is 1. The smallest absolute Gasteiger partial charge is 0.315 e. The highest BCUT2D eigenvalue weighted by molar-refractivity contribution is 7.18. The molecule has 2 amide bonds. The van der Waals surface area contributed by atoms with Crippen LogP contribution in [0.25, 0.3) is 21.8 Å². The molecule has 0 bridgehead atoms. The first-order valence-electron chi connectivity index (χ1n) is 11.6. The van der Waals surface area contributed by atoms with Gasteiger partial charge in [-0.15, -0.1) is 0 Å². The fourth-order valence-corrected chi connectivity index (χ4v) is 4.26. The van der Waals surface area contributed by atoms with E-state index in [0.29, 0.717) is 28.5 Å². The topological polar surface area (TPSA) is 124 Å². The van der Waals surface area contributed by atoms with E-state index < -0.39 is 11.9 Å². The molecule has 1 aromatic carbocycles. The van der Waals surface area contributed by atoms with Crippen LogP contribution >= 0.6 is 11.3 Å². The van der Waals surface area contributed by atoms with Crippen molar-refractivity contribution in [2.24, 2.45) is 0 Å². The number of thiazole rings is 1. The Bertz CT molecular complexity index is 1180. The molecular weight excluding hydrogens is 469 g/mol. The lowest BCUT2D eigenvalue weighted by atomic mass is 10.0. The Morgan fingerprint density at radius 3 is 2.69 bits per heavy atom. The maximum absolute atomic E-state index is 14.1. The number of carbonyl (C=O) groups excluding carboxylic acids is 1. The van der Waals surface area contributed by atoms with E-state index in [2.05, 4.69) is 36.2 Å². The highest BCUT2D eigenvalue weighted by Gasteiger charge is 2.23. The average Bonchev–Trinajstić information content (AvgIpc) is 3.50. The first-order chi connectivity index (χ1) is 16.8. The van der Waals surface area contributed by atoms with Crippen molar-refractivity contribution in [3.8, 4) is 21.8 Å². The molecule has 9 nitrogen and oxygen atoms in total. The molecule has 0 spiro atoms. The van der Waals surface area contributed by atoms with Gasteiger partial charge in [0.1, 0.15) is 5.82 Å². The maximum atomic E-state index is 14.1. The summed E-state index contributed by atoms with van der Waals surface area (Å²) in [5, 5.41) is 22.5. The van der Waals surface area contributed by atoms with Gasteiger partial charge >= 0.3 is 6.03 Å². The van der Waals surface area contributed by atoms with E-state index in [4.69, 9.17) is 0 Å². The number of aliphatic hydroxyl groups is 1. The van der Waals surface area contributed by atoms with E-state index in [1.807, 2.05) is 19.9 Å². The van der Waals surface area contributed by atoms with Crippen LogP contribution in [-0.2, 0) is 6.54 Å². The Morgan fingerprint density at radius 2 is 1.97 bits per heavy atom. The van der Waals surface area contributed by atoms with Crippen molar-refractivity contribution in [3.63, 3.8) is 0 Å². The van der Waals surface area contributed by atoms with Crippen LogP contribution in [0.4, 0.5) is 20.3 Å². The molecule has 35 heavy (non-hydrogen) atoms. The minimum atomic E-state index is -0.591. The normalized spacial score (nSPS) is 14.0. The second-order valence-electron chi connectivity index (χ2n) is 8.92. The fourth-order valence-electron chi connectivity index (χ4n) is 3.33. The van der Waals surface area contributed by atoms with E-state index in [-0.39, 0.29) is 31.2 Å². The lowest BCUT2D eigenvalue weighted by Crippen LogP contribution is -2.36. The fraction of sp³-hybridized carbons (Fsp3) is 0.417. The molecule has 0 aliphatic heterocycles. The molecule has 11 heteroatoms. The van der Waals surface area contributed by atoms with Gasteiger partial charge in [0.05, 0.1) is 22.4 Å². The number of hydrogen-bond donors (Lipinski definition) is 5. The minimum Gasteiger partial charge on any atom is -0.392 e. The molecule has 0 saturated heterocycles. The van der Waals surface area contributed by atoms with Crippen molar-refractivity contribution in [1.82, 2.24) is 25.6 Å². The van der Waals surface area contributed by atoms with Crippen molar-refractivity contribution >= 4 is 28.4 Å². The van der Waals surface area contributed by atoms with Crippen molar-refractivity contribution in [2.45, 2.75) is 58.3 Å². The molecular formula is C24H30FN7O2S. The molecule has 1 aliphatic carbocycles. The molecule has 1 unspecified atom stereocenters. The van der Waals surface area contributed by atoms with Crippen molar-refractivity contribution in [3.05, 3.63) is 41.8 Å². The monoisotopic (exact) mass is 499 g/mol. The highest BCUT2D eigenvalue weighted by atomic mass is 32.1. The number of hydrogen-bond acceptors (Lipinski definition) is 8. The number of aromatic nitrogens is 3. The minimum absolute atomic E-state index is 0.143. The number of nitrogens with one attached hydrogen (secondary N) is 4. The zero-order chi connectivity index (χ0) is 24.9. The summed E-state index contributed by atoms with van der Waals surface area (Å²) in [7, 11) is 0. The Hall–Kier alpha value is -3.31. The van der Waals surface area contributed by atoms with Gasteiger partial charge in [0.25, 0.3) is 0 Å². The summed E-state index contributed by atoms with van der Waals surface area (Å²) in [6.45, 7) is 6.16. The zero-order valence-corrected chi connectivity index (χ0v) is 20.7. The SMILES string of the molecule is CC(O)CNc1nc(-c2cnc(NC(C)C)s2)cc(-c2ccc(F)cc2CNC(=O)NC2CC2)n1. The summed E-state index contributed by atoms with van der Waals surface area (Å²) >= 11 is 1.47. The van der Waals surface area contributed by atoms with Gasteiger partial charge in [-0.05, 0) is 63.4 Å². The predicted octanol–water partition coefficient (Wildman–Crippen LogP) is 3.98. The van der Waals surface area contributed by atoms with Crippen LogP contribution in [-0.4, -0.2) is 50.8 Å².